The van der Waals surface area contributed by atoms with Crippen molar-refractivity contribution >= 4 is 35.1 Å². The number of anilines is 1. The lowest BCUT2D eigenvalue weighted by molar-refractivity contribution is -0.116. The van der Waals surface area contributed by atoms with Crippen LogP contribution < -0.4 is 4.90 Å². The Labute approximate surface area is 172 Å². The standard InChI is InChI=1S/C20H22N4O2S2/c1-14(2)12-24-19(16-7-5-10-26-16)21-22-20(24)28-13-18(25)23-9-11-27-17-8-4-3-6-15(17)23/h3-8,10,14H,9,11-13H2,1-2H3. The molecule has 0 radical (unpaired) electrons. The number of aromatic nitrogens is 3. The van der Waals surface area contributed by atoms with Crippen LogP contribution in [0.4, 0.5) is 5.69 Å². The van der Waals surface area contributed by atoms with Gasteiger partial charge in [-0.1, -0.05) is 37.7 Å². The largest absolute Gasteiger partial charge is 0.461 e. The van der Waals surface area contributed by atoms with Crippen LogP contribution in [0.5, 0.6) is 0 Å². The van der Waals surface area contributed by atoms with Crippen molar-refractivity contribution in [2.24, 2.45) is 5.92 Å². The highest BCUT2D eigenvalue weighted by Gasteiger charge is 2.24. The summed E-state index contributed by atoms with van der Waals surface area (Å²) in [6.07, 6.45) is 1.63. The van der Waals surface area contributed by atoms with Crippen LogP contribution in [-0.4, -0.2) is 38.7 Å². The van der Waals surface area contributed by atoms with E-state index in [4.69, 9.17) is 4.42 Å². The Kier molecular flexibility index (Phi) is 5.77. The lowest BCUT2D eigenvalue weighted by atomic mass is 10.2. The van der Waals surface area contributed by atoms with Gasteiger partial charge in [-0.25, -0.2) is 0 Å². The van der Waals surface area contributed by atoms with E-state index in [-0.39, 0.29) is 5.91 Å². The number of carbonyl (C=O) groups is 1. The van der Waals surface area contributed by atoms with E-state index in [1.165, 1.54) is 11.8 Å². The summed E-state index contributed by atoms with van der Waals surface area (Å²) in [4.78, 5) is 16.0. The van der Waals surface area contributed by atoms with Gasteiger partial charge < -0.3 is 9.32 Å². The number of fused-ring (bicyclic) bond motifs is 1. The number of furan rings is 1. The average molecular weight is 415 g/mol. The van der Waals surface area contributed by atoms with Crippen LogP contribution in [0.1, 0.15) is 13.8 Å². The Hall–Kier alpha value is -2.19. The summed E-state index contributed by atoms with van der Waals surface area (Å²) in [6.45, 7) is 5.79. The van der Waals surface area contributed by atoms with Crippen LogP contribution in [-0.2, 0) is 11.3 Å². The van der Waals surface area contributed by atoms with Crippen LogP contribution in [0.2, 0.25) is 0 Å². The Morgan fingerprint density at radius 2 is 2.11 bits per heavy atom. The maximum absolute atomic E-state index is 12.9. The second-order valence-corrected chi connectivity index (χ2v) is 9.02. The van der Waals surface area contributed by atoms with Gasteiger partial charge in [0.25, 0.3) is 0 Å². The fraction of sp³-hybridized carbons (Fsp3) is 0.350. The number of amides is 1. The van der Waals surface area contributed by atoms with E-state index in [1.54, 1.807) is 18.0 Å². The maximum Gasteiger partial charge on any atom is 0.237 e. The second-order valence-electron chi connectivity index (χ2n) is 6.94. The minimum atomic E-state index is 0.0939. The normalized spacial score (nSPS) is 13.8. The molecule has 0 unspecified atom stereocenters. The number of benzene rings is 1. The molecule has 0 fully saturated rings. The third kappa shape index (κ3) is 3.98. The lowest BCUT2D eigenvalue weighted by Crippen LogP contribution is -2.36. The first kappa shape index (κ1) is 19.1. The molecular weight excluding hydrogens is 392 g/mol. The molecule has 0 saturated heterocycles. The third-order valence-electron chi connectivity index (χ3n) is 4.36. The predicted octanol–water partition coefficient (Wildman–Crippen LogP) is 4.43. The zero-order chi connectivity index (χ0) is 19.5. The topological polar surface area (TPSA) is 64.2 Å². The summed E-state index contributed by atoms with van der Waals surface area (Å²) >= 11 is 3.23. The molecule has 4 rings (SSSR count). The van der Waals surface area contributed by atoms with E-state index in [9.17, 15) is 4.79 Å². The van der Waals surface area contributed by atoms with Crippen molar-refractivity contribution in [3.63, 3.8) is 0 Å². The first-order chi connectivity index (χ1) is 13.6. The zero-order valence-electron chi connectivity index (χ0n) is 15.9. The molecule has 3 aromatic rings. The summed E-state index contributed by atoms with van der Waals surface area (Å²) in [6, 6.07) is 11.8. The SMILES string of the molecule is CC(C)Cn1c(SCC(=O)N2CCSc3ccccc32)nnc1-c1ccco1. The van der Waals surface area contributed by atoms with Gasteiger partial charge in [-0.2, -0.15) is 0 Å². The van der Waals surface area contributed by atoms with Crippen LogP contribution in [0, 0.1) is 5.92 Å². The molecule has 0 spiro atoms. The number of rotatable bonds is 6. The summed E-state index contributed by atoms with van der Waals surface area (Å²) < 4.78 is 7.55. The highest BCUT2D eigenvalue weighted by molar-refractivity contribution is 8.00. The van der Waals surface area contributed by atoms with Crippen molar-refractivity contribution in [1.82, 2.24) is 14.8 Å². The van der Waals surface area contributed by atoms with Gasteiger partial charge >= 0.3 is 0 Å². The van der Waals surface area contributed by atoms with E-state index in [1.807, 2.05) is 39.8 Å². The minimum absolute atomic E-state index is 0.0939. The molecule has 0 N–H and O–H groups in total. The van der Waals surface area contributed by atoms with Crippen molar-refractivity contribution in [3.8, 4) is 11.6 Å². The van der Waals surface area contributed by atoms with Gasteiger partial charge in [-0.3, -0.25) is 9.36 Å². The third-order valence-corrected chi connectivity index (χ3v) is 6.35. The highest BCUT2D eigenvalue weighted by Crippen LogP contribution is 2.35. The molecule has 28 heavy (non-hydrogen) atoms. The fourth-order valence-corrected chi connectivity index (χ4v) is 4.96. The van der Waals surface area contributed by atoms with Gasteiger partial charge in [0.05, 0.1) is 17.7 Å². The molecule has 1 amide bonds. The highest BCUT2D eigenvalue weighted by atomic mass is 32.2. The van der Waals surface area contributed by atoms with Gasteiger partial charge in [-0.15, -0.1) is 22.0 Å². The molecule has 0 bridgehead atoms. The first-order valence-electron chi connectivity index (χ1n) is 9.25. The van der Waals surface area contributed by atoms with Crippen molar-refractivity contribution in [1.29, 1.82) is 0 Å². The number of thioether (sulfide) groups is 2. The first-order valence-corrected chi connectivity index (χ1v) is 11.2. The Morgan fingerprint density at radius 1 is 1.25 bits per heavy atom. The number of hydrogen-bond acceptors (Lipinski definition) is 6. The van der Waals surface area contributed by atoms with Crippen LogP contribution in [0.25, 0.3) is 11.6 Å². The van der Waals surface area contributed by atoms with Crippen LogP contribution in [0.15, 0.2) is 57.1 Å². The fourth-order valence-electron chi connectivity index (χ4n) is 3.15. The van der Waals surface area contributed by atoms with Crippen molar-refractivity contribution in [2.45, 2.75) is 30.4 Å². The molecule has 6 nitrogen and oxygen atoms in total. The average Bonchev–Trinajstić information content (AvgIpc) is 3.35. The molecule has 0 atom stereocenters. The Balaban J connectivity index is 1.52. The molecule has 146 valence electrons. The predicted molar refractivity (Wildman–Crippen MR) is 113 cm³/mol. The second kappa shape index (κ2) is 8.45. The monoisotopic (exact) mass is 414 g/mol. The number of para-hydroxylation sites is 1. The Morgan fingerprint density at radius 3 is 2.89 bits per heavy atom. The lowest BCUT2D eigenvalue weighted by Gasteiger charge is -2.28. The zero-order valence-corrected chi connectivity index (χ0v) is 17.5. The summed E-state index contributed by atoms with van der Waals surface area (Å²) in [5, 5.41) is 9.38. The van der Waals surface area contributed by atoms with Crippen LogP contribution in [0.3, 0.4) is 0 Å². The van der Waals surface area contributed by atoms with Crippen molar-refractivity contribution in [2.75, 3.05) is 23.0 Å². The van der Waals surface area contributed by atoms with E-state index in [0.717, 1.165) is 34.6 Å². The molecule has 1 aliphatic heterocycles. The van der Waals surface area contributed by atoms with E-state index < -0.39 is 0 Å². The Bertz CT molecular complexity index is 953. The van der Waals surface area contributed by atoms with Crippen molar-refractivity contribution in [3.05, 3.63) is 42.7 Å². The molecule has 3 heterocycles. The van der Waals surface area contributed by atoms with E-state index in [0.29, 0.717) is 23.3 Å². The molecular formula is C20H22N4O2S2. The van der Waals surface area contributed by atoms with Gasteiger partial charge in [0, 0.05) is 23.7 Å². The molecule has 0 aliphatic carbocycles. The molecule has 0 saturated carbocycles. The number of hydrogen-bond donors (Lipinski definition) is 0. The van der Waals surface area contributed by atoms with Crippen molar-refractivity contribution < 1.29 is 9.21 Å². The van der Waals surface area contributed by atoms with E-state index >= 15 is 0 Å². The number of nitrogens with zero attached hydrogens (tertiary/aromatic N) is 4. The van der Waals surface area contributed by atoms with E-state index in [2.05, 4.69) is 30.1 Å². The molecule has 1 aromatic carbocycles. The minimum Gasteiger partial charge on any atom is -0.461 e. The summed E-state index contributed by atoms with van der Waals surface area (Å²) in [5.41, 5.74) is 1.00. The maximum atomic E-state index is 12.9. The van der Waals surface area contributed by atoms with Gasteiger partial charge in [-0.05, 0) is 30.2 Å². The number of carbonyl (C=O) groups excluding carboxylic acids is 1. The van der Waals surface area contributed by atoms with Gasteiger partial charge in [0.15, 0.2) is 16.7 Å². The summed E-state index contributed by atoms with van der Waals surface area (Å²) in [7, 11) is 0. The smallest absolute Gasteiger partial charge is 0.237 e. The van der Waals surface area contributed by atoms with Crippen LogP contribution >= 0.6 is 23.5 Å². The quantitative estimate of drug-likeness (QED) is 0.556. The molecule has 1 aliphatic rings. The summed E-state index contributed by atoms with van der Waals surface area (Å²) in [5.74, 6) is 3.15. The van der Waals surface area contributed by atoms with Gasteiger partial charge in [0.1, 0.15) is 0 Å². The molecule has 8 heteroatoms. The molecule has 2 aromatic heterocycles. The van der Waals surface area contributed by atoms with Gasteiger partial charge in [0.2, 0.25) is 5.91 Å².